The minimum absolute atomic E-state index is 0.101. The molecule has 9 heteroatoms. The van der Waals surface area contributed by atoms with Crippen LogP contribution in [0.5, 0.6) is 0 Å². The second-order valence-electron chi connectivity index (χ2n) is 8.21. The summed E-state index contributed by atoms with van der Waals surface area (Å²) in [5.41, 5.74) is 6.83. The van der Waals surface area contributed by atoms with Crippen molar-refractivity contribution in [2.75, 3.05) is 5.75 Å². The van der Waals surface area contributed by atoms with Crippen LogP contribution in [0.1, 0.15) is 44.4 Å². The third kappa shape index (κ3) is 6.27. The van der Waals surface area contributed by atoms with Crippen molar-refractivity contribution in [3.05, 3.63) is 77.8 Å². The van der Waals surface area contributed by atoms with Gasteiger partial charge in [-0.2, -0.15) is 13.2 Å². The number of alkyl halides is 3. The zero-order valence-electron chi connectivity index (χ0n) is 20.5. The van der Waals surface area contributed by atoms with Gasteiger partial charge in [0.05, 0.1) is 21.9 Å². The Kier molecular flexibility index (Phi) is 9.28. The fourth-order valence-corrected chi connectivity index (χ4v) is 4.53. The Balaban J connectivity index is 0.00000281. The van der Waals surface area contributed by atoms with Crippen LogP contribution in [0.4, 0.5) is 13.2 Å². The van der Waals surface area contributed by atoms with Crippen LogP contribution in [-0.2, 0) is 16.9 Å². The third-order valence-corrected chi connectivity index (χ3v) is 7.64. The summed E-state index contributed by atoms with van der Waals surface area (Å²) in [5, 5.41) is 0. The summed E-state index contributed by atoms with van der Waals surface area (Å²) >= 11 is 0. The number of halogens is 3. The van der Waals surface area contributed by atoms with Crippen LogP contribution in [0.25, 0.3) is 11.6 Å². The molecule has 1 aromatic heterocycles. The molecule has 1 heterocycles. The molecule has 1 fully saturated rings. The molecule has 1 aliphatic carbocycles. The average Bonchev–Trinajstić information content (AvgIpc) is 3.31. The van der Waals surface area contributed by atoms with Crippen molar-refractivity contribution < 1.29 is 21.6 Å². The van der Waals surface area contributed by atoms with E-state index in [1.54, 1.807) is 24.6 Å². The van der Waals surface area contributed by atoms with Crippen LogP contribution in [0, 0.1) is 12.8 Å². The van der Waals surface area contributed by atoms with Crippen LogP contribution in [0.2, 0.25) is 0 Å². The zero-order chi connectivity index (χ0) is 26.6. The number of rotatable bonds is 8. The SMILES string of the molecule is C=C.C=C/C(=C\c1nc(C(=C)/C(=C\C(=C/C)C(F)(F)F)S(=O)(=O)CC)n(C)c1C)C1CC1(C)N. The van der Waals surface area contributed by atoms with E-state index in [1.807, 2.05) is 13.0 Å². The lowest BCUT2D eigenvalue weighted by atomic mass is 10.1. The molecule has 2 unspecified atom stereocenters. The van der Waals surface area contributed by atoms with E-state index >= 15 is 0 Å². The lowest BCUT2D eigenvalue weighted by molar-refractivity contribution is -0.0883. The van der Waals surface area contributed by atoms with Gasteiger partial charge in [-0.3, -0.25) is 0 Å². The van der Waals surface area contributed by atoms with Crippen molar-refractivity contribution in [1.29, 1.82) is 0 Å². The summed E-state index contributed by atoms with van der Waals surface area (Å²) in [6, 6.07) is 0. The van der Waals surface area contributed by atoms with E-state index in [0.29, 0.717) is 17.5 Å². The number of nitrogens with zero attached hydrogens (tertiary/aromatic N) is 2. The number of allylic oxidation sites excluding steroid dienone is 5. The fraction of sp³-hybridized carbons (Fsp3) is 0.400. The monoisotopic (exact) mass is 497 g/mol. The molecule has 1 aliphatic rings. The molecule has 2 rings (SSSR count). The molecule has 188 valence electrons. The molecular weight excluding hydrogens is 463 g/mol. The molecule has 0 saturated heterocycles. The van der Waals surface area contributed by atoms with Gasteiger partial charge in [-0.05, 0) is 44.9 Å². The van der Waals surface area contributed by atoms with Crippen molar-refractivity contribution in [2.24, 2.45) is 18.7 Å². The normalized spacial score (nSPS) is 21.6. The maximum absolute atomic E-state index is 13.3. The predicted molar refractivity (Wildman–Crippen MR) is 134 cm³/mol. The number of hydrogen-bond donors (Lipinski definition) is 1. The molecule has 0 aromatic carbocycles. The molecule has 1 saturated carbocycles. The minimum atomic E-state index is -4.70. The smallest absolute Gasteiger partial charge is 0.331 e. The summed E-state index contributed by atoms with van der Waals surface area (Å²) in [4.78, 5) is 4.01. The van der Waals surface area contributed by atoms with Gasteiger partial charge in [-0.1, -0.05) is 32.2 Å². The van der Waals surface area contributed by atoms with Crippen LogP contribution in [0.15, 0.2) is 60.6 Å². The lowest BCUT2D eigenvalue weighted by Gasteiger charge is -2.14. The molecule has 2 atom stereocenters. The Morgan fingerprint density at radius 1 is 1.35 bits per heavy atom. The summed E-state index contributed by atoms with van der Waals surface area (Å²) < 4.78 is 67.0. The van der Waals surface area contributed by atoms with Crippen LogP contribution in [-0.4, -0.2) is 35.4 Å². The van der Waals surface area contributed by atoms with Crippen molar-refractivity contribution in [2.45, 2.75) is 45.8 Å². The van der Waals surface area contributed by atoms with E-state index in [0.717, 1.165) is 18.1 Å². The molecule has 34 heavy (non-hydrogen) atoms. The summed E-state index contributed by atoms with van der Waals surface area (Å²) in [6.45, 7) is 19.9. The molecule has 5 nitrogen and oxygen atoms in total. The highest BCUT2D eigenvalue weighted by molar-refractivity contribution is 7.95. The molecule has 0 spiro atoms. The van der Waals surface area contributed by atoms with Gasteiger partial charge in [0.1, 0.15) is 5.82 Å². The molecule has 0 radical (unpaired) electrons. The van der Waals surface area contributed by atoms with E-state index in [1.165, 1.54) is 13.8 Å². The van der Waals surface area contributed by atoms with Crippen molar-refractivity contribution in [3.63, 3.8) is 0 Å². The van der Waals surface area contributed by atoms with Gasteiger partial charge in [0.15, 0.2) is 9.84 Å². The molecule has 0 amide bonds. The van der Waals surface area contributed by atoms with Crippen LogP contribution < -0.4 is 5.73 Å². The second kappa shape index (κ2) is 10.7. The quantitative estimate of drug-likeness (QED) is 0.370. The zero-order valence-corrected chi connectivity index (χ0v) is 21.3. The van der Waals surface area contributed by atoms with Gasteiger partial charge < -0.3 is 10.3 Å². The van der Waals surface area contributed by atoms with E-state index in [4.69, 9.17) is 5.73 Å². The summed E-state index contributed by atoms with van der Waals surface area (Å²) in [7, 11) is -2.36. The molecule has 2 N–H and O–H groups in total. The van der Waals surface area contributed by atoms with E-state index in [9.17, 15) is 21.6 Å². The van der Waals surface area contributed by atoms with Gasteiger partial charge in [0, 0.05) is 29.8 Å². The van der Waals surface area contributed by atoms with Crippen LogP contribution in [0.3, 0.4) is 0 Å². The molecule has 1 aromatic rings. The highest BCUT2D eigenvalue weighted by atomic mass is 32.2. The van der Waals surface area contributed by atoms with E-state index in [2.05, 4.69) is 31.3 Å². The Hall–Kier alpha value is -2.65. The van der Waals surface area contributed by atoms with Crippen LogP contribution >= 0.6 is 0 Å². The number of hydrogen-bond acceptors (Lipinski definition) is 4. The van der Waals surface area contributed by atoms with E-state index in [-0.39, 0.29) is 28.6 Å². The Labute approximate surface area is 200 Å². The third-order valence-electron chi connectivity index (χ3n) is 5.85. The number of aromatic nitrogens is 2. The average molecular weight is 498 g/mol. The van der Waals surface area contributed by atoms with E-state index < -0.39 is 26.5 Å². The maximum Gasteiger partial charge on any atom is 0.416 e. The molecule has 0 bridgehead atoms. The first kappa shape index (κ1) is 29.4. The van der Waals surface area contributed by atoms with Gasteiger partial charge in [-0.15, -0.1) is 13.2 Å². The fourth-order valence-electron chi connectivity index (χ4n) is 3.45. The maximum atomic E-state index is 13.3. The largest absolute Gasteiger partial charge is 0.416 e. The Morgan fingerprint density at radius 3 is 2.26 bits per heavy atom. The molecular formula is C25H34F3N3O2S. The first-order valence-corrected chi connectivity index (χ1v) is 12.3. The van der Waals surface area contributed by atoms with Gasteiger partial charge in [-0.25, -0.2) is 13.4 Å². The number of sulfone groups is 1. The highest BCUT2D eigenvalue weighted by Gasteiger charge is 2.47. The Bertz CT molecular complexity index is 1150. The van der Waals surface area contributed by atoms with Gasteiger partial charge in [0.2, 0.25) is 0 Å². The van der Waals surface area contributed by atoms with Crippen molar-refractivity contribution in [3.8, 4) is 0 Å². The first-order valence-electron chi connectivity index (χ1n) is 10.6. The second-order valence-corrected chi connectivity index (χ2v) is 10.5. The van der Waals surface area contributed by atoms with Gasteiger partial charge in [0.25, 0.3) is 0 Å². The highest BCUT2D eigenvalue weighted by Crippen LogP contribution is 2.46. The lowest BCUT2D eigenvalue weighted by Crippen LogP contribution is -2.19. The number of imidazole rings is 1. The standard InChI is InChI=1S/C23H30F3N3O2S.C2H4/c1-8-16(18-13-22(18,6)27)11-19-15(5)29(7)21(28-19)14(4)20(32(30,31)10-3)12-17(9-2)23(24,25)26;1-2/h8-9,11-12,18H,1,4,10,13,27H2,2-3,5-7H3;1-2H2/b16-11+,17-9+,20-12+;. The predicted octanol–water partition coefficient (Wildman–Crippen LogP) is 5.68. The summed E-state index contributed by atoms with van der Waals surface area (Å²) in [6.07, 6.45) is 1.09. The van der Waals surface area contributed by atoms with Crippen molar-refractivity contribution >= 4 is 21.5 Å². The summed E-state index contributed by atoms with van der Waals surface area (Å²) in [5.74, 6) is -0.0716. The first-order chi connectivity index (χ1) is 15.6. The number of nitrogens with two attached hydrogens (primary N) is 1. The minimum Gasteiger partial charge on any atom is -0.331 e. The molecule has 0 aliphatic heterocycles. The van der Waals surface area contributed by atoms with Crippen molar-refractivity contribution in [1.82, 2.24) is 9.55 Å². The van der Waals surface area contributed by atoms with Gasteiger partial charge >= 0.3 is 6.18 Å². The topological polar surface area (TPSA) is 78.0 Å². The Morgan fingerprint density at radius 2 is 1.88 bits per heavy atom.